The van der Waals surface area contributed by atoms with E-state index in [1.165, 1.54) is 4.68 Å². The zero-order valence-corrected chi connectivity index (χ0v) is 8.83. The number of nitrogens with one attached hydrogen (secondary N) is 1. The largest absolute Gasteiger partial charge is 0.369 e. The van der Waals surface area contributed by atoms with Crippen LogP contribution in [0.25, 0.3) is 0 Å². The van der Waals surface area contributed by atoms with Gasteiger partial charge < -0.3 is 0 Å². The van der Waals surface area contributed by atoms with Crippen LogP contribution in [0.4, 0.5) is 5.69 Å². The third-order valence-electron chi connectivity index (χ3n) is 2.11. The number of hydrogen-bond acceptors (Lipinski definition) is 1. The van der Waals surface area contributed by atoms with Crippen molar-refractivity contribution in [1.82, 2.24) is 0 Å². The first-order valence-corrected chi connectivity index (χ1v) is 4.46. The normalized spacial score (nSPS) is 12.2. The van der Waals surface area contributed by atoms with Crippen molar-refractivity contribution in [1.29, 1.82) is 0 Å². The molecule has 0 atom stereocenters. The molecule has 76 valence electrons. The molecule has 5 N–H and O–H groups in total. The fourth-order valence-electron chi connectivity index (χ4n) is 1.23. The molecule has 1 aromatic carbocycles. The van der Waals surface area contributed by atoms with Crippen molar-refractivity contribution in [3.8, 4) is 0 Å². The molecule has 0 bridgehead atoms. The van der Waals surface area contributed by atoms with Gasteiger partial charge in [-0.25, -0.2) is 5.32 Å². The Kier molecular flexibility index (Phi) is 2.96. The number of guanidine groups is 1. The number of hydrazine groups is 1. The van der Waals surface area contributed by atoms with Crippen molar-refractivity contribution in [2.24, 2.45) is 11.6 Å². The molecule has 0 aliphatic rings. The van der Waals surface area contributed by atoms with Gasteiger partial charge in [0, 0.05) is 0 Å². The highest BCUT2D eigenvalue weighted by molar-refractivity contribution is 5.90. The van der Waals surface area contributed by atoms with Crippen LogP contribution in [0.5, 0.6) is 0 Å². The fraction of sp³-hybridized carbons (Fsp3) is 0.300. The summed E-state index contributed by atoms with van der Waals surface area (Å²) in [5.74, 6) is 5.93. The molecule has 0 fully saturated rings. The molecule has 4 nitrogen and oxygen atoms in total. The summed E-state index contributed by atoms with van der Waals surface area (Å²) in [4.78, 5) is 0. The van der Waals surface area contributed by atoms with Crippen LogP contribution in [0.2, 0.25) is 0 Å². The Labute approximate surface area is 84.2 Å². The van der Waals surface area contributed by atoms with Gasteiger partial charge >= 0.3 is 5.96 Å². The number of rotatable bonds is 1. The van der Waals surface area contributed by atoms with Gasteiger partial charge in [-0.3, -0.25) is 11.6 Å². The Balaban J connectivity index is 3.03. The van der Waals surface area contributed by atoms with E-state index in [0.29, 0.717) is 5.96 Å². The predicted molar refractivity (Wildman–Crippen MR) is 59.1 cm³/mol. The molecule has 1 aromatic rings. The van der Waals surface area contributed by atoms with Crippen LogP contribution in [0.15, 0.2) is 18.2 Å². The molecule has 0 aromatic heterocycles. The summed E-state index contributed by atoms with van der Waals surface area (Å²) in [6, 6.07) is 6.07. The lowest BCUT2D eigenvalue weighted by molar-refractivity contribution is -0.510. The monoisotopic (exact) mass is 193 g/mol. The van der Waals surface area contributed by atoms with Crippen LogP contribution in [0.1, 0.15) is 11.1 Å². The molecule has 0 amide bonds. The van der Waals surface area contributed by atoms with Gasteiger partial charge in [0.2, 0.25) is 0 Å². The van der Waals surface area contributed by atoms with Crippen LogP contribution in [-0.2, 0) is 0 Å². The fourth-order valence-corrected chi connectivity index (χ4v) is 1.23. The van der Waals surface area contributed by atoms with Crippen LogP contribution in [-0.4, -0.2) is 17.7 Å². The van der Waals surface area contributed by atoms with E-state index in [0.717, 1.165) is 16.8 Å². The second-order valence-electron chi connectivity index (χ2n) is 3.39. The van der Waals surface area contributed by atoms with Crippen molar-refractivity contribution in [3.63, 3.8) is 0 Å². The Morgan fingerprint density at radius 3 is 2.21 bits per heavy atom. The average molecular weight is 193 g/mol. The molecular weight excluding hydrogens is 176 g/mol. The third kappa shape index (κ3) is 2.16. The second-order valence-corrected chi connectivity index (χ2v) is 3.39. The van der Waals surface area contributed by atoms with Gasteiger partial charge in [-0.1, -0.05) is 18.2 Å². The van der Waals surface area contributed by atoms with Crippen LogP contribution in [0, 0.1) is 13.8 Å². The van der Waals surface area contributed by atoms with E-state index >= 15 is 0 Å². The van der Waals surface area contributed by atoms with E-state index in [4.69, 9.17) is 11.6 Å². The lowest BCUT2D eigenvalue weighted by Crippen LogP contribution is -2.36. The Morgan fingerprint density at radius 1 is 1.29 bits per heavy atom. The number of para-hydroxylation sites is 1. The quantitative estimate of drug-likeness (QED) is 0.200. The maximum atomic E-state index is 5.69. The van der Waals surface area contributed by atoms with Crippen molar-refractivity contribution < 1.29 is 4.68 Å². The minimum absolute atomic E-state index is 0.433. The van der Waals surface area contributed by atoms with E-state index in [9.17, 15) is 0 Å². The Morgan fingerprint density at radius 2 is 1.79 bits per heavy atom. The van der Waals surface area contributed by atoms with Gasteiger partial charge in [0.05, 0.1) is 7.05 Å². The predicted octanol–water partition coefficient (Wildman–Crippen LogP) is 0.546. The van der Waals surface area contributed by atoms with Crippen molar-refractivity contribution in [3.05, 3.63) is 29.3 Å². The first-order valence-electron chi connectivity index (χ1n) is 4.46. The second kappa shape index (κ2) is 4.00. The first kappa shape index (κ1) is 10.4. The molecule has 0 saturated heterocycles. The number of nitrogens with zero attached hydrogens (tertiary/aromatic N) is 1. The molecule has 0 spiro atoms. The SMILES string of the molecule is Cc1cccc(C)c1NC(N)=[N+](C)N. The minimum atomic E-state index is 0.433. The summed E-state index contributed by atoms with van der Waals surface area (Å²) in [5.41, 5.74) is 9.00. The average Bonchev–Trinajstić information content (AvgIpc) is 2.11. The molecular formula is C10H17N4+. The zero-order chi connectivity index (χ0) is 10.7. The smallest absolute Gasteiger partial charge is 0.294 e. The molecule has 0 aliphatic heterocycles. The minimum Gasteiger partial charge on any atom is -0.294 e. The first-order chi connectivity index (χ1) is 6.52. The highest BCUT2D eigenvalue weighted by Gasteiger charge is 2.08. The highest BCUT2D eigenvalue weighted by atomic mass is 15.4. The number of hydrogen-bond donors (Lipinski definition) is 3. The van der Waals surface area contributed by atoms with Crippen molar-refractivity contribution >= 4 is 11.6 Å². The van der Waals surface area contributed by atoms with E-state index in [1.807, 2.05) is 32.0 Å². The number of hydrazone groups is 1. The number of aryl methyl sites for hydroxylation is 2. The van der Waals surface area contributed by atoms with Gasteiger partial charge in [-0.2, -0.15) is 4.68 Å². The Bertz CT molecular complexity index is 344. The highest BCUT2D eigenvalue weighted by Crippen LogP contribution is 2.18. The van der Waals surface area contributed by atoms with Crippen LogP contribution in [0.3, 0.4) is 0 Å². The van der Waals surface area contributed by atoms with Crippen molar-refractivity contribution in [2.45, 2.75) is 13.8 Å². The van der Waals surface area contributed by atoms with Gasteiger partial charge in [0.1, 0.15) is 5.69 Å². The molecule has 14 heavy (non-hydrogen) atoms. The molecule has 0 aliphatic carbocycles. The van der Waals surface area contributed by atoms with Crippen molar-refractivity contribution in [2.75, 3.05) is 12.4 Å². The molecule has 0 radical (unpaired) electrons. The Hall–Kier alpha value is -1.71. The van der Waals surface area contributed by atoms with Gasteiger partial charge in [-0.05, 0) is 25.0 Å². The van der Waals surface area contributed by atoms with E-state index in [2.05, 4.69) is 5.32 Å². The summed E-state index contributed by atoms with van der Waals surface area (Å²) in [6.45, 7) is 4.05. The molecule has 0 heterocycles. The maximum absolute atomic E-state index is 5.69. The zero-order valence-electron chi connectivity index (χ0n) is 8.83. The maximum Gasteiger partial charge on any atom is 0.369 e. The summed E-state index contributed by atoms with van der Waals surface area (Å²) in [6.07, 6.45) is 0. The number of nitrogens with two attached hydrogens (primary N) is 2. The van der Waals surface area contributed by atoms with Crippen LogP contribution >= 0.6 is 0 Å². The lowest BCUT2D eigenvalue weighted by Gasteiger charge is -2.07. The molecule has 4 heteroatoms. The summed E-state index contributed by atoms with van der Waals surface area (Å²) in [7, 11) is 1.69. The third-order valence-corrected chi connectivity index (χ3v) is 2.11. The summed E-state index contributed by atoms with van der Waals surface area (Å²) >= 11 is 0. The number of anilines is 1. The topological polar surface area (TPSA) is 67.1 Å². The summed E-state index contributed by atoms with van der Waals surface area (Å²) < 4.78 is 1.35. The molecule has 0 unspecified atom stereocenters. The van der Waals surface area contributed by atoms with Gasteiger partial charge in [0.25, 0.3) is 0 Å². The summed E-state index contributed by atoms with van der Waals surface area (Å²) in [5, 5.41) is 3.07. The lowest BCUT2D eigenvalue weighted by atomic mass is 10.1. The van der Waals surface area contributed by atoms with E-state index < -0.39 is 0 Å². The van der Waals surface area contributed by atoms with E-state index in [1.54, 1.807) is 7.05 Å². The van der Waals surface area contributed by atoms with Gasteiger partial charge in [-0.15, -0.1) is 0 Å². The van der Waals surface area contributed by atoms with Crippen LogP contribution < -0.4 is 16.9 Å². The molecule has 0 saturated carbocycles. The number of benzene rings is 1. The standard InChI is InChI=1S/C10H16N4/c1-7-5-4-6-8(2)9(7)13-10(11)14(3)12/h4-6H,12H2,1-3H3,(H2,11,13)/p+1. The molecule has 1 rings (SSSR count). The van der Waals surface area contributed by atoms with Gasteiger partial charge in [0.15, 0.2) is 0 Å². The van der Waals surface area contributed by atoms with E-state index in [-0.39, 0.29) is 0 Å².